The van der Waals surface area contributed by atoms with Crippen molar-refractivity contribution >= 4 is 22.1 Å². The summed E-state index contributed by atoms with van der Waals surface area (Å²) < 4.78 is 5.83. The van der Waals surface area contributed by atoms with Crippen molar-refractivity contribution in [2.24, 2.45) is 0 Å². The maximum absolute atomic E-state index is 5.83. The van der Waals surface area contributed by atoms with Crippen LogP contribution in [0, 0.1) is 6.92 Å². The lowest BCUT2D eigenvalue weighted by Crippen LogP contribution is -1.90. The van der Waals surface area contributed by atoms with E-state index in [9.17, 15) is 0 Å². The lowest BCUT2D eigenvalue weighted by molar-refractivity contribution is 0.654. The molecule has 0 aliphatic rings. The summed E-state index contributed by atoms with van der Waals surface area (Å²) in [5, 5.41) is 2.16. The average Bonchev–Trinajstić information content (AvgIpc) is 2.85. The summed E-state index contributed by atoms with van der Waals surface area (Å²) in [7, 11) is 0. The maximum Gasteiger partial charge on any atom is 0.227 e. The first-order valence-corrected chi connectivity index (χ1v) is 6.53. The molecule has 0 aliphatic heterocycles. The Hall–Kier alpha value is -2.68. The van der Waals surface area contributed by atoms with Crippen LogP contribution in [0.15, 0.2) is 59.1 Å². The molecule has 0 radical (unpaired) electrons. The van der Waals surface area contributed by atoms with Crippen molar-refractivity contribution in [1.29, 1.82) is 0 Å². The number of para-hydroxylation sites is 1. The molecule has 0 saturated heterocycles. The number of pyridine rings is 2. The van der Waals surface area contributed by atoms with Gasteiger partial charge < -0.3 is 4.42 Å². The quantitative estimate of drug-likeness (QED) is 0.510. The number of aromatic nitrogens is 2. The summed E-state index contributed by atoms with van der Waals surface area (Å²) in [6.45, 7) is 2.05. The first kappa shape index (κ1) is 11.2. The van der Waals surface area contributed by atoms with Crippen molar-refractivity contribution in [3.05, 3.63) is 60.3 Å². The first-order chi connectivity index (χ1) is 9.83. The van der Waals surface area contributed by atoms with Crippen LogP contribution in [0.5, 0.6) is 0 Å². The molecule has 0 aliphatic carbocycles. The third-order valence-corrected chi connectivity index (χ3v) is 3.47. The molecule has 3 nitrogen and oxygen atoms in total. The lowest BCUT2D eigenvalue weighted by Gasteiger charge is -2.03. The summed E-state index contributed by atoms with van der Waals surface area (Å²) in [6, 6.07) is 16.0. The van der Waals surface area contributed by atoms with Crippen molar-refractivity contribution < 1.29 is 4.42 Å². The highest BCUT2D eigenvalue weighted by atomic mass is 16.3. The maximum atomic E-state index is 5.83. The fraction of sp³-hybridized carbons (Fsp3) is 0.0588. The first-order valence-electron chi connectivity index (χ1n) is 6.53. The standard InChI is InChI=1S/C17H12N2O/c1-11-10-13-12-6-2-3-8-15(12)20-17(13)19-16(11)14-7-4-5-9-18-14/h2-10H,1H3. The topological polar surface area (TPSA) is 38.9 Å². The molecule has 3 aromatic heterocycles. The molecule has 20 heavy (non-hydrogen) atoms. The molecule has 96 valence electrons. The van der Waals surface area contributed by atoms with E-state index in [0.717, 1.165) is 33.3 Å². The molecular weight excluding hydrogens is 248 g/mol. The predicted molar refractivity (Wildman–Crippen MR) is 79.5 cm³/mol. The number of hydrogen-bond acceptors (Lipinski definition) is 3. The third kappa shape index (κ3) is 1.60. The Balaban J connectivity index is 2.05. The van der Waals surface area contributed by atoms with Crippen LogP contribution in [0.4, 0.5) is 0 Å². The summed E-state index contributed by atoms with van der Waals surface area (Å²) in [5.41, 5.74) is 4.37. The van der Waals surface area contributed by atoms with Gasteiger partial charge in [-0.15, -0.1) is 0 Å². The zero-order chi connectivity index (χ0) is 13.5. The zero-order valence-corrected chi connectivity index (χ0v) is 11.0. The minimum absolute atomic E-state index is 0.664. The van der Waals surface area contributed by atoms with E-state index in [2.05, 4.69) is 29.0 Å². The van der Waals surface area contributed by atoms with E-state index in [4.69, 9.17) is 4.42 Å². The molecule has 3 heterocycles. The van der Waals surface area contributed by atoms with Gasteiger partial charge in [-0.25, -0.2) is 4.98 Å². The van der Waals surface area contributed by atoms with Crippen LogP contribution in [0.25, 0.3) is 33.5 Å². The van der Waals surface area contributed by atoms with Crippen molar-refractivity contribution in [1.82, 2.24) is 9.97 Å². The molecule has 0 amide bonds. The Morgan fingerprint density at radius 2 is 1.80 bits per heavy atom. The number of benzene rings is 1. The smallest absolute Gasteiger partial charge is 0.227 e. The van der Waals surface area contributed by atoms with E-state index in [1.165, 1.54) is 0 Å². The van der Waals surface area contributed by atoms with Crippen LogP contribution in [0.2, 0.25) is 0 Å². The predicted octanol–water partition coefficient (Wildman–Crippen LogP) is 4.35. The third-order valence-electron chi connectivity index (χ3n) is 3.47. The Morgan fingerprint density at radius 3 is 2.65 bits per heavy atom. The average molecular weight is 260 g/mol. The van der Waals surface area contributed by atoms with Gasteiger partial charge >= 0.3 is 0 Å². The number of furan rings is 1. The van der Waals surface area contributed by atoms with Gasteiger partial charge in [-0.2, -0.15) is 0 Å². The van der Waals surface area contributed by atoms with Crippen LogP contribution >= 0.6 is 0 Å². The molecule has 3 heteroatoms. The highest BCUT2D eigenvalue weighted by Gasteiger charge is 2.12. The van der Waals surface area contributed by atoms with Gasteiger partial charge in [0.1, 0.15) is 5.58 Å². The second-order valence-corrected chi connectivity index (χ2v) is 4.82. The number of rotatable bonds is 1. The summed E-state index contributed by atoms with van der Waals surface area (Å²) in [6.07, 6.45) is 1.78. The Labute approximate surface area is 115 Å². The molecule has 0 fully saturated rings. The highest BCUT2D eigenvalue weighted by Crippen LogP contribution is 2.31. The molecule has 0 bridgehead atoms. The van der Waals surface area contributed by atoms with E-state index in [1.807, 2.05) is 36.4 Å². The van der Waals surface area contributed by atoms with Gasteiger partial charge in [-0.05, 0) is 36.8 Å². The Kier molecular flexibility index (Phi) is 2.33. The molecule has 4 rings (SSSR count). The Bertz CT molecular complexity index is 910. The number of aryl methyl sites for hydroxylation is 1. The summed E-state index contributed by atoms with van der Waals surface area (Å²) in [5.74, 6) is 0. The monoisotopic (exact) mass is 260 g/mol. The van der Waals surface area contributed by atoms with Gasteiger partial charge in [0.05, 0.1) is 11.4 Å². The van der Waals surface area contributed by atoms with Gasteiger partial charge in [-0.1, -0.05) is 24.3 Å². The fourth-order valence-corrected chi connectivity index (χ4v) is 2.51. The molecule has 4 aromatic rings. The van der Waals surface area contributed by atoms with Crippen LogP contribution in [-0.4, -0.2) is 9.97 Å². The summed E-state index contributed by atoms with van der Waals surface area (Å²) >= 11 is 0. The van der Waals surface area contributed by atoms with Gasteiger partial charge in [0, 0.05) is 17.0 Å². The number of hydrogen-bond donors (Lipinski definition) is 0. The zero-order valence-electron chi connectivity index (χ0n) is 11.0. The van der Waals surface area contributed by atoms with Crippen molar-refractivity contribution in [3.63, 3.8) is 0 Å². The molecule has 0 spiro atoms. The molecular formula is C17H12N2O. The number of fused-ring (bicyclic) bond motifs is 3. The second-order valence-electron chi connectivity index (χ2n) is 4.82. The van der Waals surface area contributed by atoms with Gasteiger partial charge in [0.2, 0.25) is 5.71 Å². The van der Waals surface area contributed by atoms with E-state index in [1.54, 1.807) is 6.20 Å². The van der Waals surface area contributed by atoms with Crippen LogP contribution in [0.1, 0.15) is 5.56 Å². The van der Waals surface area contributed by atoms with Crippen molar-refractivity contribution in [2.45, 2.75) is 6.92 Å². The molecule has 1 aromatic carbocycles. The van der Waals surface area contributed by atoms with Crippen molar-refractivity contribution in [3.8, 4) is 11.4 Å². The van der Waals surface area contributed by atoms with Gasteiger partial charge in [-0.3, -0.25) is 4.98 Å². The van der Waals surface area contributed by atoms with E-state index in [-0.39, 0.29) is 0 Å². The van der Waals surface area contributed by atoms with E-state index in [0.29, 0.717) is 5.71 Å². The minimum Gasteiger partial charge on any atom is -0.438 e. The Morgan fingerprint density at radius 1 is 0.950 bits per heavy atom. The highest BCUT2D eigenvalue weighted by molar-refractivity contribution is 6.04. The largest absolute Gasteiger partial charge is 0.438 e. The summed E-state index contributed by atoms with van der Waals surface area (Å²) in [4.78, 5) is 9.02. The molecule has 0 unspecified atom stereocenters. The normalized spacial score (nSPS) is 11.2. The second kappa shape index (κ2) is 4.17. The lowest BCUT2D eigenvalue weighted by atomic mass is 10.1. The van der Waals surface area contributed by atoms with Crippen LogP contribution in [0.3, 0.4) is 0 Å². The van der Waals surface area contributed by atoms with Crippen LogP contribution in [-0.2, 0) is 0 Å². The molecule has 0 atom stereocenters. The molecule has 0 N–H and O–H groups in total. The SMILES string of the molecule is Cc1cc2c(nc1-c1ccccn1)oc1ccccc12. The van der Waals surface area contributed by atoms with E-state index >= 15 is 0 Å². The van der Waals surface area contributed by atoms with E-state index < -0.39 is 0 Å². The molecule has 0 saturated carbocycles. The van der Waals surface area contributed by atoms with Crippen LogP contribution < -0.4 is 0 Å². The number of nitrogens with zero attached hydrogens (tertiary/aromatic N) is 2. The minimum atomic E-state index is 0.664. The van der Waals surface area contributed by atoms with Gasteiger partial charge in [0.15, 0.2) is 0 Å². The fourth-order valence-electron chi connectivity index (χ4n) is 2.51. The van der Waals surface area contributed by atoms with Gasteiger partial charge in [0.25, 0.3) is 0 Å². The van der Waals surface area contributed by atoms with Crippen molar-refractivity contribution in [2.75, 3.05) is 0 Å².